The molecule has 1 aromatic rings. The van der Waals surface area contributed by atoms with Crippen LogP contribution < -0.4 is 11.1 Å². The number of nitrogens with one attached hydrogen (secondary N) is 1. The summed E-state index contributed by atoms with van der Waals surface area (Å²) in [7, 11) is 3.53. The van der Waals surface area contributed by atoms with Gasteiger partial charge in [0.25, 0.3) is 0 Å². The first-order valence-electron chi connectivity index (χ1n) is 4.18. The Kier molecular flexibility index (Phi) is 3.13. The van der Waals surface area contributed by atoms with Crippen LogP contribution in [0.3, 0.4) is 0 Å². The second kappa shape index (κ2) is 4.13. The number of ether oxygens (including phenoxy) is 1. The monoisotopic (exact) mass is 184 g/mol. The molecule has 0 saturated heterocycles. The maximum Gasteiger partial charge on any atom is 0.147 e. The van der Waals surface area contributed by atoms with Crippen molar-refractivity contribution in [1.29, 1.82) is 0 Å². The fraction of sp³-hybridized carbons (Fsp3) is 0.625. The number of aromatic nitrogens is 2. The zero-order chi connectivity index (χ0) is 9.84. The lowest BCUT2D eigenvalue weighted by molar-refractivity contribution is 0.210. The van der Waals surface area contributed by atoms with E-state index in [1.54, 1.807) is 11.8 Å². The highest BCUT2D eigenvalue weighted by molar-refractivity contribution is 5.64. The molecule has 1 aromatic heterocycles. The second-order valence-corrected chi connectivity index (χ2v) is 2.89. The van der Waals surface area contributed by atoms with Crippen molar-refractivity contribution in [2.75, 3.05) is 31.3 Å². The van der Waals surface area contributed by atoms with Gasteiger partial charge in [-0.15, -0.1) is 0 Å². The summed E-state index contributed by atoms with van der Waals surface area (Å²) in [6, 6.07) is 0. The normalized spacial score (nSPS) is 10.4. The van der Waals surface area contributed by atoms with Gasteiger partial charge in [-0.05, 0) is 6.92 Å². The van der Waals surface area contributed by atoms with E-state index in [4.69, 9.17) is 10.5 Å². The van der Waals surface area contributed by atoms with E-state index in [0.29, 0.717) is 12.3 Å². The van der Waals surface area contributed by atoms with Crippen molar-refractivity contribution in [1.82, 2.24) is 9.78 Å². The van der Waals surface area contributed by atoms with Crippen molar-refractivity contribution in [3.63, 3.8) is 0 Å². The van der Waals surface area contributed by atoms with E-state index in [-0.39, 0.29) is 0 Å². The maximum atomic E-state index is 5.80. The van der Waals surface area contributed by atoms with E-state index >= 15 is 0 Å². The fourth-order valence-corrected chi connectivity index (χ4v) is 1.16. The minimum atomic E-state index is 0.656. The molecule has 0 fully saturated rings. The Balaban J connectivity index is 2.64. The quantitative estimate of drug-likeness (QED) is 0.663. The first-order chi connectivity index (χ1) is 6.16. The molecule has 0 radical (unpaired) electrons. The van der Waals surface area contributed by atoms with Crippen LogP contribution in [0.2, 0.25) is 0 Å². The van der Waals surface area contributed by atoms with Crippen LogP contribution >= 0.6 is 0 Å². The Labute approximate surface area is 77.9 Å². The molecule has 0 unspecified atom stereocenters. The van der Waals surface area contributed by atoms with Crippen molar-refractivity contribution in [2.45, 2.75) is 6.92 Å². The zero-order valence-corrected chi connectivity index (χ0v) is 8.29. The lowest BCUT2D eigenvalue weighted by atomic mass is 10.4. The van der Waals surface area contributed by atoms with Gasteiger partial charge in [0.15, 0.2) is 0 Å². The van der Waals surface area contributed by atoms with Crippen LogP contribution in [0.25, 0.3) is 0 Å². The van der Waals surface area contributed by atoms with Crippen LogP contribution in [0.4, 0.5) is 11.5 Å². The van der Waals surface area contributed by atoms with Gasteiger partial charge in [0.05, 0.1) is 18.0 Å². The van der Waals surface area contributed by atoms with Gasteiger partial charge in [-0.1, -0.05) is 0 Å². The molecule has 0 aliphatic carbocycles. The van der Waals surface area contributed by atoms with Crippen LogP contribution in [-0.4, -0.2) is 30.0 Å². The van der Waals surface area contributed by atoms with Gasteiger partial charge in [-0.2, -0.15) is 5.10 Å². The predicted molar refractivity (Wildman–Crippen MR) is 52.7 cm³/mol. The third kappa shape index (κ3) is 2.12. The molecule has 5 nitrogen and oxygen atoms in total. The van der Waals surface area contributed by atoms with Crippen LogP contribution in [0.5, 0.6) is 0 Å². The molecule has 0 aliphatic rings. The minimum Gasteiger partial charge on any atom is -0.394 e. The number of nitrogens with zero attached hydrogens (tertiary/aromatic N) is 2. The number of anilines is 2. The SMILES string of the molecule is COCCNc1c(N)c(C)nn1C. The summed E-state index contributed by atoms with van der Waals surface area (Å²) < 4.78 is 6.65. The molecule has 0 saturated carbocycles. The molecule has 0 aliphatic heterocycles. The predicted octanol–water partition coefficient (Wildman–Crippen LogP) is 0.369. The standard InChI is InChI=1S/C8H16N4O/c1-6-7(9)8(12(2)11-6)10-4-5-13-3/h10H,4-5,9H2,1-3H3. The molecule has 1 heterocycles. The Morgan fingerprint density at radius 2 is 2.31 bits per heavy atom. The fourth-order valence-electron chi connectivity index (χ4n) is 1.16. The molecule has 0 bridgehead atoms. The molecular formula is C8H16N4O. The van der Waals surface area contributed by atoms with E-state index in [1.807, 2.05) is 14.0 Å². The van der Waals surface area contributed by atoms with Gasteiger partial charge in [-0.3, -0.25) is 4.68 Å². The smallest absolute Gasteiger partial charge is 0.147 e. The maximum absolute atomic E-state index is 5.80. The lowest BCUT2D eigenvalue weighted by Gasteiger charge is -2.06. The van der Waals surface area contributed by atoms with Crippen LogP contribution in [0.15, 0.2) is 0 Å². The Hall–Kier alpha value is -1.23. The van der Waals surface area contributed by atoms with Crippen molar-refractivity contribution < 1.29 is 4.74 Å². The van der Waals surface area contributed by atoms with Gasteiger partial charge in [0.1, 0.15) is 5.82 Å². The lowest BCUT2D eigenvalue weighted by Crippen LogP contribution is -2.11. The second-order valence-electron chi connectivity index (χ2n) is 2.89. The summed E-state index contributed by atoms with van der Waals surface area (Å²) in [6.45, 7) is 3.28. The summed E-state index contributed by atoms with van der Waals surface area (Å²) in [5.74, 6) is 0.856. The summed E-state index contributed by atoms with van der Waals surface area (Å²) in [5.41, 5.74) is 7.36. The van der Waals surface area contributed by atoms with E-state index in [9.17, 15) is 0 Å². The number of nitrogens with two attached hydrogens (primary N) is 1. The number of aryl methyl sites for hydroxylation is 2. The number of nitrogen functional groups attached to an aromatic ring is 1. The zero-order valence-electron chi connectivity index (χ0n) is 8.29. The highest BCUT2D eigenvalue weighted by Crippen LogP contribution is 2.20. The Morgan fingerprint density at radius 3 is 2.77 bits per heavy atom. The third-order valence-electron chi connectivity index (χ3n) is 1.87. The van der Waals surface area contributed by atoms with E-state index < -0.39 is 0 Å². The molecule has 1 rings (SSSR count). The summed E-state index contributed by atoms with van der Waals surface area (Å²) >= 11 is 0. The van der Waals surface area contributed by atoms with Crippen LogP contribution in [0.1, 0.15) is 5.69 Å². The average molecular weight is 184 g/mol. The molecular weight excluding hydrogens is 168 g/mol. The average Bonchev–Trinajstić information content (AvgIpc) is 2.32. The molecule has 74 valence electrons. The number of hydrogen-bond donors (Lipinski definition) is 2. The summed E-state index contributed by atoms with van der Waals surface area (Å²) in [4.78, 5) is 0. The number of rotatable bonds is 4. The minimum absolute atomic E-state index is 0.656. The number of methoxy groups -OCH3 is 1. The van der Waals surface area contributed by atoms with Crippen molar-refractivity contribution >= 4 is 11.5 Å². The summed E-state index contributed by atoms with van der Waals surface area (Å²) in [5, 5.41) is 7.33. The van der Waals surface area contributed by atoms with Gasteiger partial charge in [0, 0.05) is 20.7 Å². The van der Waals surface area contributed by atoms with Gasteiger partial charge < -0.3 is 15.8 Å². The molecule has 13 heavy (non-hydrogen) atoms. The Bertz CT molecular complexity index is 282. The van der Waals surface area contributed by atoms with Crippen LogP contribution in [0, 0.1) is 6.92 Å². The van der Waals surface area contributed by atoms with Crippen molar-refractivity contribution in [3.8, 4) is 0 Å². The molecule has 0 aromatic carbocycles. The van der Waals surface area contributed by atoms with Crippen molar-refractivity contribution in [2.24, 2.45) is 7.05 Å². The number of hydrogen-bond acceptors (Lipinski definition) is 4. The van der Waals surface area contributed by atoms with E-state index in [1.165, 1.54) is 0 Å². The first kappa shape index (κ1) is 9.85. The largest absolute Gasteiger partial charge is 0.394 e. The van der Waals surface area contributed by atoms with E-state index in [2.05, 4.69) is 10.4 Å². The molecule has 0 amide bonds. The van der Waals surface area contributed by atoms with E-state index in [0.717, 1.165) is 18.1 Å². The van der Waals surface area contributed by atoms with Gasteiger partial charge in [-0.25, -0.2) is 0 Å². The van der Waals surface area contributed by atoms with Crippen molar-refractivity contribution in [3.05, 3.63) is 5.69 Å². The van der Waals surface area contributed by atoms with Gasteiger partial charge in [0.2, 0.25) is 0 Å². The summed E-state index contributed by atoms with van der Waals surface area (Å²) in [6.07, 6.45) is 0. The molecule has 5 heteroatoms. The first-order valence-corrected chi connectivity index (χ1v) is 4.18. The highest BCUT2D eigenvalue weighted by Gasteiger charge is 2.08. The third-order valence-corrected chi connectivity index (χ3v) is 1.87. The molecule has 0 spiro atoms. The molecule has 0 atom stereocenters. The Morgan fingerprint density at radius 1 is 1.62 bits per heavy atom. The molecule has 3 N–H and O–H groups in total. The van der Waals surface area contributed by atoms with Crippen LogP contribution in [-0.2, 0) is 11.8 Å². The van der Waals surface area contributed by atoms with Gasteiger partial charge >= 0.3 is 0 Å². The highest BCUT2D eigenvalue weighted by atomic mass is 16.5. The topological polar surface area (TPSA) is 65.1 Å².